The summed E-state index contributed by atoms with van der Waals surface area (Å²) in [6, 6.07) is 11.7. The second-order valence-electron chi connectivity index (χ2n) is 7.19. The number of anilines is 1. The topological polar surface area (TPSA) is 52.9 Å². The van der Waals surface area contributed by atoms with Crippen LogP contribution in [0.5, 0.6) is 0 Å². The summed E-state index contributed by atoms with van der Waals surface area (Å²) in [5.41, 5.74) is 0.242. The van der Waals surface area contributed by atoms with E-state index in [2.05, 4.69) is 26.1 Å². The SMILES string of the molecule is CC(C)(C)c1ccc(/C=C(\C#N)C(=O)Nc2cc(C(F)(F)F)ccc2Cl)cc1. The first-order valence-corrected chi connectivity index (χ1v) is 8.70. The number of rotatable bonds is 3. The number of hydrogen-bond donors (Lipinski definition) is 1. The molecule has 28 heavy (non-hydrogen) atoms. The molecule has 0 bridgehead atoms. The predicted molar refractivity (Wildman–Crippen MR) is 104 cm³/mol. The van der Waals surface area contributed by atoms with Crippen LogP contribution < -0.4 is 5.32 Å². The molecule has 0 fully saturated rings. The fourth-order valence-corrected chi connectivity index (χ4v) is 2.55. The van der Waals surface area contributed by atoms with Crippen LogP contribution in [0.25, 0.3) is 6.08 Å². The van der Waals surface area contributed by atoms with E-state index in [4.69, 9.17) is 11.6 Å². The largest absolute Gasteiger partial charge is 0.416 e. The second-order valence-corrected chi connectivity index (χ2v) is 7.60. The molecule has 1 amide bonds. The van der Waals surface area contributed by atoms with E-state index in [0.29, 0.717) is 5.56 Å². The van der Waals surface area contributed by atoms with E-state index in [1.165, 1.54) is 6.08 Å². The Morgan fingerprint density at radius 2 is 1.64 bits per heavy atom. The number of carbonyl (C=O) groups is 1. The Morgan fingerprint density at radius 3 is 2.14 bits per heavy atom. The van der Waals surface area contributed by atoms with Gasteiger partial charge in [0.25, 0.3) is 5.91 Å². The lowest BCUT2D eigenvalue weighted by molar-refractivity contribution is -0.137. The summed E-state index contributed by atoms with van der Waals surface area (Å²) in [4.78, 5) is 12.3. The zero-order valence-corrected chi connectivity index (χ0v) is 16.2. The third-order valence-corrected chi connectivity index (χ3v) is 4.32. The van der Waals surface area contributed by atoms with Crippen LogP contribution in [-0.4, -0.2) is 5.91 Å². The Kier molecular flexibility index (Phi) is 6.20. The number of carbonyl (C=O) groups excluding carboxylic acids is 1. The smallest absolute Gasteiger partial charge is 0.320 e. The van der Waals surface area contributed by atoms with Crippen LogP contribution in [0, 0.1) is 11.3 Å². The van der Waals surface area contributed by atoms with Crippen LogP contribution in [0.1, 0.15) is 37.5 Å². The molecule has 0 aliphatic carbocycles. The van der Waals surface area contributed by atoms with Crippen molar-refractivity contribution in [1.29, 1.82) is 5.26 Å². The van der Waals surface area contributed by atoms with Crippen LogP contribution in [-0.2, 0) is 16.4 Å². The molecule has 0 saturated carbocycles. The molecule has 0 radical (unpaired) electrons. The van der Waals surface area contributed by atoms with Crippen LogP contribution in [0.2, 0.25) is 5.02 Å². The van der Waals surface area contributed by atoms with E-state index >= 15 is 0 Å². The Hall–Kier alpha value is -2.78. The van der Waals surface area contributed by atoms with Crippen molar-refractivity contribution in [2.75, 3.05) is 5.32 Å². The van der Waals surface area contributed by atoms with Crippen LogP contribution in [0.4, 0.5) is 18.9 Å². The van der Waals surface area contributed by atoms with E-state index < -0.39 is 17.6 Å². The van der Waals surface area contributed by atoms with E-state index in [0.717, 1.165) is 23.8 Å². The van der Waals surface area contributed by atoms with E-state index in [1.807, 2.05) is 12.1 Å². The van der Waals surface area contributed by atoms with E-state index in [1.54, 1.807) is 18.2 Å². The molecule has 0 aliphatic rings. The van der Waals surface area contributed by atoms with E-state index in [-0.39, 0.29) is 21.7 Å². The molecule has 0 saturated heterocycles. The van der Waals surface area contributed by atoms with Gasteiger partial charge in [0.15, 0.2) is 0 Å². The van der Waals surface area contributed by atoms with Crippen molar-refractivity contribution in [2.24, 2.45) is 0 Å². The summed E-state index contributed by atoms with van der Waals surface area (Å²) >= 11 is 5.87. The number of nitriles is 1. The van der Waals surface area contributed by atoms with Gasteiger partial charge in [-0.05, 0) is 40.8 Å². The highest BCUT2D eigenvalue weighted by Crippen LogP contribution is 2.34. The fourth-order valence-electron chi connectivity index (χ4n) is 2.38. The summed E-state index contributed by atoms with van der Waals surface area (Å²) in [5.74, 6) is -0.844. The van der Waals surface area contributed by atoms with Crippen molar-refractivity contribution in [2.45, 2.75) is 32.4 Å². The maximum absolute atomic E-state index is 12.8. The minimum Gasteiger partial charge on any atom is -0.320 e. The minimum absolute atomic E-state index is 0.0437. The zero-order chi connectivity index (χ0) is 21.1. The molecule has 0 heterocycles. The fraction of sp³-hybridized carbons (Fsp3) is 0.238. The molecule has 0 atom stereocenters. The van der Waals surface area contributed by atoms with Crippen LogP contribution >= 0.6 is 11.6 Å². The second kappa shape index (κ2) is 8.07. The summed E-state index contributed by atoms with van der Waals surface area (Å²) in [5, 5.41) is 11.5. The highest BCUT2D eigenvalue weighted by atomic mass is 35.5. The Balaban J connectivity index is 2.27. The average Bonchev–Trinajstić information content (AvgIpc) is 2.60. The van der Waals surface area contributed by atoms with Crippen molar-refractivity contribution >= 4 is 29.3 Å². The Morgan fingerprint density at radius 1 is 1.07 bits per heavy atom. The molecule has 2 rings (SSSR count). The summed E-state index contributed by atoms with van der Waals surface area (Å²) in [6.45, 7) is 6.18. The number of alkyl halides is 3. The molecular formula is C21H18ClF3N2O. The molecule has 0 aromatic heterocycles. The number of nitrogens with one attached hydrogen (secondary N) is 1. The van der Waals surface area contributed by atoms with E-state index in [9.17, 15) is 23.2 Å². The van der Waals surface area contributed by atoms with Gasteiger partial charge in [-0.1, -0.05) is 56.6 Å². The highest BCUT2D eigenvalue weighted by molar-refractivity contribution is 6.34. The van der Waals surface area contributed by atoms with Gasteiger partial charge in [-0.15, -0.1) is 0 Å². The normalized spacial score (nSPS) is 12.4. The van der Waals surface area contributed by atoms with Gasteiger partial charge < -0.3 is 5.32 Å². The van der Waals surface area contributed by atoms with Gasteiger partial charge in [0.2, 0.25) is 0 Å². The van der Waals surface area contributed by atoms with Gasteiger partial charge in [-0.2, -0.15) is 18.4 Å². The number of nitrogens with zero attached hydrogens (tertiary/aromatic N) is 1. The number of benzene rings is 2. The molecule has 0 unspecified atom stereocenters. The van der Waals surface area contributed by atoms with Gasteiger partial charge in [0.1, 0.15) is 11.6 Å². The molecular weight excluding hydrogens is 389 g/mol. The molecule has 2 aromatic rings. The Bertz CT molecular complexity index is 950. The summed E-state index contributed by atoms with van der Waals surface area (Å²) < 4.78 is 38.5. The van der Waals surface area contributed by atoms with Crippen molar-refractivity contribution in [3.8, 4) is 6.07 Å². The van der Waals surface area contributed by atoms with Crippen molar-refractivity contribution < 1.29 is 18.0 Å². The van der Waals surface area contributed by atoms with Crippen LogP contribution in [0.3, 0.4) is 0 Å². The maximum Gasteiger partial charge on any atom is 0.416 e. The number of halogens is 4. The first-order chi connectivity index (χ1) is 12.9. The highest BCUT2D eigenvalue weighted by Gasteiger charge is 2.31. The quantitative estimate of drug-likeness (QED) is 0.487. The third-order valence-electron chi connectivity index (χ3n) is 3.99. The van der Waals surface area contributed by atoms with Crippen molar-refractivity contribution in [3.63, 3.8) is 0 Å². The van der Waals surface area contributed by atoms with Gasteiger partial charge in [-0.25, -0.2) is 0 Å². The number of amides is 1. The van der Waals surface area contributed by atoms with Gasteiger partial charge in [0, 0.05) is 0 Å². The lowest BCUT2D eigenvalue weighted by atomic mass is 9.86. The first-order valence-electron chi connectivity index (χ1n) is 8.32. The monoisotopic (exact) mass is 406 g/mol. The molecule has 0 spiro atoms. The minimum atomic E-state index is -4.58. The summed E-state index contributed by atoms with van der Waals surface area (Å²) in [6.07, 6.45) is -3.21. The first kappa shape index (κ1) is 21.5. The summed E-state index contributed by atoms with van der Waals surface area (Å²) in [7, 11) is 0. The lowest BCUT2D eigenvalue weighted by Crippen LogP contribution is -2.15. The van der Waals surface area contributed by atoms with Crippen LogP contribution in [0.15, 0.2) is 48.0 Å². The molecule has 0 aliphatic heterocycles. The molecule has 146 valence electrons. The average molecular weight is 407 g/mol. The van der Waals surface area contributed by atoms with Gasteiger partial charge in [-0.3, -0.25) is 4.79 Å². The Labute approximate surface area is 166 Å². The predicted octanol–water partition coefficient (Wildman–Crippen LogP) is 6.20. The lowest BCUT2D eigenvalue weighted by Gasteiger charge is -2.18. The third kappa shape index (κ3) is 5.37. The van der Waals surface area contributed by atoms with Gasteiger partial charge in [0.05, 0.1) is 16.3 Å². The maximum atomic E-state index is 12.8. The zero-order valence-electron chi connectivity index (χ0n) is 15.5. The van der Waals surface area contributed by atoms with Crippen molar-refractivity contribution in [3.05, 3.63) is 69.8 Å². The molecule has 7 heteroatoms. The molecule has 3 nitrogen and oxygen atoms in total. The van der Waals surface area contributed by atoms with Gasteiger partial charge >= 0.3 is 6.18 Å². The standard InChI is InChI=1S/C21H18ClF3N2O/c1-20(2,3)15-6-4-13(5-7-15)10-14(12-26)19(28)27-18-11-16(21(23,24)25)8-9-17(18)22/h4-11H,1-3H3,(H,27,28)/b14-10+. The molecule has 2 aromatic carbocycles. The molecule has 1 N–H and O–H groups in total. The number of hydrogen-bond acceptors (Lipinski definition) is 2. The van der Waals surface area contributed by atoms with Crippen molar-refractivity contribution in [1.82, 2.24) is 0 Å².